The molecule has 29 heavy (non-hydrogen) atoms. The van der Waals surface area contributed by atoms with Gasteiger partial charge in [-0.25, -0.2) is 0 Å². The molecule has 0 radical (unpaired) electrons. The number of ether oxygens (including phenoxy) is 2. The van der Waals surface area contributed by atoms with Gasteiger partial charge >= 0.3 is 0 Å². The lowest BCUT2D eigenvalue weighted by Crippen LogP contribution is -2.58. The smallest absolute Gasteiger partial charge is 0.174 e. The minimum atomic E-state index is -0.557. The van der Waals surface area contributed by atoms with Crippen molar-refractivity contribution >= 4 is 0 Å². The monoisotopic (exact) mass is 402 g/mol. The maximum Gasteiger partial charge on any atom is 0.174 e. The fraction of sp³-hybridized carbons (Fsp3) is 0.923. The summed E-state index contributed by atoms with van der Waals surface area (Å²) in [6.07, 6.45) is 17.3. The molecule has 1 heterocycles. The molecule has 0 aromatic carbocycles. The lowest BCUT2D eigenvalue weighted by Gasteiger charge is -2.62. The third-order valence-corrected chi connectivity index (χ3v) is 10.4. The van der Waals surface area contributed by atoms with Gasteiger partial charge in [-0.3, -0.25) is 0 Å². The Kier molecular flexibility index (Phi) is 5.00. The van der Waals surface area contributed by atoms with Gasteiger partial charge in [0.05, 0.1) is 18.8 Å². The maximum absolute atomic E-state index is 11.3. The molecule has 3 unspecified atom stereocenters. The fourth-order valence-corrected chi connectivity index (χ4v) is 8.78. The van der Waals surface area contributed by atoms with Gasteiger partial charge in [0.2, 0.25) is 0 Å². The van der Waals surface area contributed by atoms with E-state index in [0.717, 1.165) is 63.1 Å². The molecule has 3 heteroatoms. The fourth-order valence-electron chi connectivity index (χ4n) is 8.78. The number of hydrogen-bond donors (Lipinski definition) is 1. The van der Waals surface area contributed by atoms with Crippen LogP contribution < -0.4 is 0 Å². The van der Waals surface area contributed by atoms with E-state index in [9.17, 15) is 5.11 Å². The van der Waals surface area contributed by atoms with Crippen molar-refractivity contribution in [3.63, 3.8) is 0 Å². The molecule has 0 aromatic heterocycles. The Morgan fingerprint density at radius 2 is 1.69 bits per heavy atom. The summed E-state index contributed by atoms with van der Waals surface area (Å²) in [7, 11) is 0. The van der Waals surface area contributed by atoms with E-state index in [1.54, 1.807) is 0 Å². The molecule has 7 atom stereocenters. The van der Waals surface area contributed by atoms with Gasteiger partial charge in [-0.15, -0.1) is 0 Å². The zero-order valence-electron chi connectivity index (χ0n) is 18.9. The summed E-state index contributed by atoms with van der Waals surface area (Å²) in [5.41, 5.74) is 0.0483. The topological polar surface area (TPSA) is 38.7 Å². The Labute approximate surface area is 177 Å². The molecule has 1 saturated heterocycles. The van der Waals surface area contributed by atoms with Crippen LogP contribution in [-0.4, -0.2) is 29.7 Å². The van der Waals surface area contributed by atoms with Gasteiger partial charge in [0, 0.05) is 11.8 Å². The molecule has 5 fully saturated rings. The second-order valence-electron chi connectivity index (χ2n) is 11.6. The van der Waals surface area contributed by atoms with E-state index in [1.807, 2.05) is 0 Å². The molecule has 164 valence electrons. The van der Waals surface area contributed by atoms with Crippen LogP contribution in [-0.2, 0) is 9.47 Å². The second-order valence-corrected chi connectivity index (χ2v) is 11.6. The lowest BCUT2D eigenvalue weighted by molar-refractivity contribution is -0.248. The molecule has 1 spiro atoms. The highest BCUT2D eigenvalue weighted by Crippen LogP contribution is 2.69. The van der Waals surface area contributed by atoms with Crippen LogP contribution in [0.15, 0.2) is 12.2 Å². The van der Waals surface area contributed by atoms with Gasteiger partial charge in [0.25, 0.3) is 0 Å². The van der Waals surface area contributed by atoms with Gasteiger partial charge in [-0.1, -0.05) is 39.3 Å². The van der Waals surface area contributed by atoms with E-state index in [1.165, 1.54) is 38.5 Å². The number of rotatable bonds is 3. The Morgan fingerprint density at radius 1 is 0.931 bits per heavy atom. The van der Waals surface area contributed by atoms with Crippen molar-refractivity contribution in [2.45, 2.75) is 103 Å². The van der Waals surface area contributed by atoms with E-state index in [-0.39, 0.29) is 11.2 Å². The molecule has 1 aliphatic heterocycles. The van der Waals surface area contributed by atoms with Crippen molar-refractivity contribution in [3.8, 4) is 0 Å². The molecule has 3 nitrogen and oxygen atoms in total. The van der Waals surface area contributed by atoms with Crippen LogP contribution in [0.25, 0.3) is 0 Å². The number of unbranched alkanes of at least 4 members (excludes halogenated alkanes) is 1. The molecule has 0 bridgehead atoms. The average molecular weight is 403 g/mol. The summed E-state index contributed by atoms with van der Waals surface area (Å²) in [5, 5.41) is 11.3. The van der Waals surface area contributed by atoms with Crippen LogP contribution in [0.4, 0.5) is 0 Å². The minimum Gasteiger partial charge on any atom is -0.386 e. The van der Waals surface area contributed by atoms with E-state index in [4.69, 9.17) is 9.47 Å². The Bertz CT molecular complexity index is 652. The number of hydrogen-bond acceptors (Lipinski definition) is 3. The number of allylic oxidation sites excluding steroid dienone is 1. The molecule has 0 amide bonds. The van der Waals surface area contributed by atoms with Gasteiger partial charge in [-0.05, 0) is 86.9 Å². The Hall–Kier alpha value is -0.380. The molecular weight excluding hydrogens is 360 g/mol. The van der Waals surface area contributed by atoms with Crippen LogP contribution >= 0.6 is 0 Å². The third-order valence-electron chi connectivity index (χ3n) is 10.4. The van der Waals surface area contributed by atoms with Crippen molar-refractivity contribution in [2.24, 2.45) is 34.5 Å². The first kappa shape index (κ1) is 20.5. The summed E-state index contributed by atoms with van der Waals surface area (Å²) < 4.78 is 12.6. The summed E-state index contributed by atoms with van der Waals surface area (Å²) in [6, 6.07) is 0. The van der Waals surface area contributed by atoms with Gasteiger partial charge < -0.3 is 14.6 Å². The van der Waals surface area contributed by atoms with Crippen molar-refractivity contribution in [1.29, 1.82) is 0 Å². The highest BCUT2D eigenvalue weighted by Gasteiger charge is 2.67. The predicted molar refractivity (Wildman–Crippen MR) is 115 cm³/mol. The quantitative estimate of drug-likeness (QED) is 0.601. The highest BCUT2D eigenvalue weighted by molar-refractivity contribution is 5.15. The van der Waals surface area contributed by atoms with Crippen LogP contribution in [0, 0.1) is 34.5 Å². The maximum atomic E-state index is 11.3. The molecule has 1 N–H and O–H groups in total. The predicted octanol–water partition coefficient (Wildman–Crippen LogP) is 5.86. The SMILES string of the molecule is CCCC=C[C@@]1(O)CC[C@]2(C)C3CC[C@@]4(C)C(CCC45OCCO5)C3CC[C@H]2C1. The first-order chi connectivity index (χ1) is 13.9. The third kappa shape index (κ3) is 2.93. The van der Waals surface area contributed by atoms with Crippen LogP contribution in [0.2, 0.25) is 0 Å². The minimum absolute atomic E-state index is 0.201. The highest BCUT2D eigenvalue weighted by atomic mass is 16.7. The van der Waals surface area contributed by atoms with Crippen molar-refractivity contribution in [2.75, 3.05) is 13.2 Å². The van der Waals surface area contributed by atoms with Gasteiger partial charge in [0.1, 0.15) is 0 Å². The first-order valence-electron chi connectivity index (χ1n) is 12.5. The van der Waals surface area contributed by atoms with Crippen molar-refractivity contribution in [1.82, 2.24) is 0 Å². The molecular formula is C26H42O3. The Morgan fingerprint density at radius 3 is 2.45 bits per heavy atom. The summed E-state index contributed by atoms with van der Waals surface area (Å²) in [5.74, 6) is 2.79. The van der Waals surface area contributed by atoms with Gasteiger partial charge in [-0.2, -0.15) is 0 Å². The van der Waals surface area contributed by atoms with Gasteiger partial charge in [0.15, 0.2) is 5.79 Å². The number of aliphatic hydroxyl groups is 1. The lowest BCUT2D eigenvalue weighted by atomic mass is 9.44. The average Bonchev–Trinajstić information content (AvgIpc) is 3.29. The van der Waals surface area contributed by atoms with Crippen molar-refractivity contribution < 1.29 is 14.6 Å². The number of fused-ring (bicyclic) bond motifs is 6. The standard InChI is InChI=1S/C26H42O3/c1-4-5-6-11-25(27)15-14-23(2)19(18-25)7-8-20-21(23)9-12-24(3)22(20)10-13-26(24)28-16-17-29-26/h6,11,19-22,27H,4-5,7-10,12-18H2,1-3H3/t19-,20?,21?,22?,23-,24-,25+/m0/s1. The van der Waals surface area contributed by atoms with Crippen LogP contribution in [0.3, 0.4) is 0 Å². The van der Waals surface area contributed by atoms with E-state index >= 15 is 0 Å². The van der Waals surface area contributed by atoms with Crippen LogP contribution in [0.5, 0.6) is 0 Å². The van der Waals surface area contributed by atoms with Crippen molar-refractivity contribution in [3.05, 3.63) is 12.2 Å². The second kappa shape index (κ2) is 7.07. The van der Waals surface area contributed by atoms with E-state index in [0.29, 0.717) is 11.3 Å². The zero-order valence-corrected chi connectivity index (χ0v) is 18.9. The normalized spacial score (nSPS) is 51.2. The largest absolute Gasteiger partial charge is 0.386 e. The molecule has 4 saturated carbocycles. The molecule has 4 aliphatic carbocycles. The summed E-state index contributed by atoms with van der Waals surface area (Å²) in [4.78, 5) is 0. The van der Waals surface area contributed by atoms with E-state index in [2.05, 4.69) is 32.9 Å². The zero-order chi connectivity index (χ0) is 20.3. The first-order valence-corrected chi connectivity index (χ1v) is 12.5. The molecule has 5 aliphatic rings. The molecule has 5 rings (SSSR count). The summed E-state index contributed by atoms with van der Waals surface area (Å²) >= 11 is 0. The van der Waals surface area contributed by atoms with E-state index < -0.39 is 5.60 Å². The Balaban J connectivity index is 1.36. The van der Waals surface area contributed by atoms with Crippen LogP contribution in [0.1, 0.15) is 91.4 Å². The molecule has 0 aromatic rings. The summed E-state index contributed by atoms with van der Waals surface area (Å²) in [6.45, 7) is 8.83.